The molecule has 0 heterocycles. The van der Waals surface area contributed by atoms with E-state index in [9.17, 15) is 0 Å². The largest absolute Gasteiger partial charge is 0.341 e. The van der Waals surface area contributed by atoms with Crippen LogP contribution in [-0.4, -0.2) is 75.0 Å². The highest BCUT2D eigenvalue weighted by Gasteiger charge is 2.35. The first-order chi connectivity index (χ1) is 65.4. The molecule has 0 aliphatic heterocycles. The molecule has 0 nitrogen and oxygen atoms in total. The van der Waals surface area contributed by atoms with Crippen molar-refractivity contribution in [3.05, 3.63) is 230 Å². The van der Waals surface area contributed by atoms with E-state index in [1.165, 1.54) is 270 Å². The summed E-state index contributed by atoms with van der Waals surface area (Å²) in [6.45, 7) is 68.4. The third-order valence-electron chi connectivity index (χ3n) is 22.0. The van der Waals surface area contributed by atoms with E-state index >= 15 is 0 Å². The van der Waals surface area contributed by atoms with Crippen LogP contribution < -0.4 is 15.6 Å². The minimum absolute atomic E-state index is 0.769. The summed E-state index contributed by atoms with van der Waals surface area (Å²) in [4.78, 5) is 0. The lowest BCUT2D eigenvalue weighted by molar-refractivity contribution is 0.536. The summed E-state index contributed by atoms with van der Waals surface area (Å²) in [6, 6.07) is 39.7. The SMILES string of the molecule is C=CCCC(C)C[Si](C)(C)Cl.C=CCCCCCCCCCCCCCCCC[Si](C)(C)Cl.C=CCCCCCC[Si](C)(Br)Br.C=CCCCCCC[Si](C)(C)Cl.C=CCCCCCC[Si](Cl)(Cl)Cl.C=CCCCC[Si](C)(Br)c1ccccc1.C=CCCCC[Si](C)(C)Cl.C=CCCCC[Si](Cl)(Cl)Cl.C=CCCCC[Si](Cl)(c1ccccc1)c1ccccc1.C=CCC[Si](C)(C)Cl.C=CCC[Si](C)(Cl)Cl. The van der Waals surface area contributed by atoms with Crippen molar-refractivity contribution in [3.8, 4) is 0 Å². The van der Waals surface area contributed by atoms with Gasteiger partial charge in [0.05, 0.1) is 0 Å². The van der Waals surface area contributed by atoms with Gasteiger partial charge in [0.15, 0.2) is 26.8 Å². The number of unbranched alkanes of at least 4 members (excludes halogenated alkanes) is 34. The molecular weight excluding hydrogens is 2390 g/mol. The van der Waals surface area contributed by atoms with Crippen molar-refractivity contribution in [3.63, 3.8) is 0 Å². The molecule has 0 fully saturated rings. The topological polar surface area (TPSA) is 0 Å². The Morgan fingerprint density at radius 2 is 0.429 bits per heavy atom. The molecule has 0 bridgehead atoms. The molecule has 3 rings (SSSR count). The Bertz CT molecular complexity index is 3120. The summed E-state index contributed by atoms with van der Waals surface area (Å²) < 4.78 is 0. The normalized spacial score (nSPS) is 12.1. The first-order valence-electron chi connectivity index (χ1n) is 53.0. The average Bonchev–Trinajstić information content (AvgIpc) is 0.797. The molecule has 2 atom stereocenters. The van der Waals surface area contributed by atoms with Crippen LogP contribution in [0.4, 0.5) is 0 Å². The molecule has 0 aromatic heterocycles. The first-order valence-corrected chi connectivity index (χ1v) is 105. The van der Waals surface area contributed by atoms with E-state index in [1.54, 1.807) is 0 Å². The van der Waals surface area contributed by atoms with Crippen molar-refractivity contribution in [2.45, 2.75) is 454 Å². The molecule has 0 aliphatic carbocycles. The lowest BCUT2D eigenvalue weighted by atomic mass is 10.0. The summed E-state index contributed by atoms with van der Waals surface area (Å²) in [6.07, 6.45) is 79.9. The second-order valence-corrected chi connectivity index (χ2v) is 133. The van der Waals surface area contributed by atoms with Gasteiger partial charge in [-0.3, -0.25) is 0 Å². The molecule has 0 saturated carbocycles. The monoisotopic (exact) mass is 2580 g/mol. The summed E-state index contributed by atoms with van der Waals surface area (Å²) in [5.41, 5.74) is 0. The molecule has 3 aromatic rings. The molecular formula is C112H205Br3Cl14Si11. The lowest BCUT2D eigenvalue weighted by Crippen LogP contribution is -2.53. The third kappa shape index (κ3) is 145. The van der Waals surface area contributed by atoms with Crippen molar-refractivity contribution in [1.29, 1.82) is 0 Å². The molecule has 140 heavy (non-hydrogen) atoms. The predicted molar refractivity (Wildman–Crippen MR) is 713 cm³/mol. The van der Waals surface area contributed by atoms with Gasteiger partial charge in [-0.1, -0.05) is 430 Å². The van der Waals surface area contributed by atoms with Crippen molar-refractivity contribution >= 4 is 292 Å². The van der Waals surface area contributed by atoms with E-state index in [4.69, 9.17) is 155 Å². The van der Waals surface area contributed by atoms with Crippen LogP contribution in [0.5, 0.6) is 0 Å². The molecule has 0 radical (unpaired) electrons. The Hall–Kier alpha value is 2.69. The van der Waals surface area contributed by atoms with Gasteiger partial charge in [-0.15, -0.1) is 207 Å². The summed E-state index contributed by atoms with van der Waals surface area (Å²) >= 11 is 95.1. The lowest BCUT2D eigenvalue weighted by Gasteiger charge is -2.25. The zero-order chi connectivity index (χ0) is 108. The predicted octanol–water partition coefficient (Wildman–Crippen LogP) is 49.3. The molecule has 0 N–H and O–H groups in total. The Morgan fingerprint density at radius 1 is 0.221 bits per heavy atom. The van der Waals surface area contributed by atoms with Crippen molar-refractivity contribution in [1.82, 2.24) is 0 Å². The van der Waals surface area contributed by atoms with Gasteiger partial charge in [0, 0.05) is 0 Å². The maximum atomic E-state index is 7.18. The second-order valence-electron chi connectivity index (χ2n) is 40.5. The zero-order valence-electron chi connectivity index (χ0n) is 91.1. The maximum absolute atomic E-state index is 7.18. The summed E-state index contributed by atoms with van der Waals surface area (Å²) in [5.74, 6) is 0.771. The van der Waals surface area contributed by atoms with E-state index in [-0.39, 0.29) is 0 Å². The number of halogens is 17. The van der Waals surface area contributed by atoms with Crippen molar-refractivity contribution < 1.29 is 0 Å². The Kier molecular flexibility index (Phi) is 118. The van der Waals surface area contributed by atoms with Crippen LogP contribution in [0.2, 0.25) is 152 Å². The van der Waals surface area contributed by atoms with Crippen LogP contribution in [0.3, 0.4) is 0 Å². The number of rotatable bonds is 72. The van der Waals surface area contributed by atoms with Gasteiger partial charge in [0.2, 0.25) is 14.1 Å². The highest BCUT2D eigenvalue weighted by Crippen LogP contribution is 2.32. The van der Waals surface area contributed by atoms with Crippen LogP contribution in [0.25, 0.3) is 0 Å². The van der Waals surface area contributed by atoms with E-state index < -0.39 is 75.0 Å². The van der Waals surface area contributed by atoms with Gasteiger partial charge in [-0.2, -0.15) is 66.5 Å². The van der Waals surface area contributed by atoms with Crippen LogP contribution in [0, 0.1) is 5.92 Å². The fourth-order valence-corrected chi connectivity index (χ4v) is 37.9. The Morgan fingerprint density at radius 3 is 0.657 bits per heavy atom. The highest BCUT2D eigenvalue weighted by molar-refractivity contribution is 9.51. The molecule has 0 saturated heterocycles. The smallest absolute Gasteiger partial charge is 0.168 e. The standard InChI is InChI=1S/C20H41ClSi.C18H21ClSi.C13H19BrSi.C10H21ClSi.C9H18Br2Si.C9H19ClSi.C8H15Cl3Si.C8H17ClSi.C6H11Cl3Si.C6H13ClSi.C5H10Cl2Si/c1-4-5-6-7-8-9-10-11-12-13-14-15-16-17-18-19-20-22(2,3)21;1-2-3-4-11-16-20(19,17-12-7-5-8-13-17)18-14-9-6-10-15-18;1-3-4-5-9-12-15(2,14)13-10-7-6-8-11-13;1-4-5-6-7-8-9-10-12(2,3)11;1-3-4-5-6-7-8-9-12(2,10)11;1-5-6-7-9(2)8-11(3,4)10;1-2-3-4-5-6-7-8-12(9,10)11;1-4-5-6-7-8-10(2,3)9;1-2-3-4-5-6-10(7,8)9;1-4-5-6-8(2,3)7;1-3-4-5-8(2,6)7/h4H,1,5-20H2,2-3H3;2,5-10,12-15H,1,3-4,11,16H2;3,6-8,10-11H,1,4-5,9,12H2,2H3;4H,1,5-10H2,2-3H3;3H,1,4-9H2,2H3;5,9H,1,6-8H2,2-4H3;2H,1,3-8H2;4H,1,5-8H2,2-3H3;2H,1,3-6H2;4H,1,5-6H2,2-3H3;3H,1,4-5H2,2H3. The fraction of sp³-hybridized carbons (Fsp3) is 0.643. The van der Waals surface area contributed by atoms with Gasteiger partial charge in [0.1, 0.15) is 22.2 Å². The quantitative estimate of drug-likeness (QED) is 0.0229. The van der Waals surface area contributed by atoms with Gasteiger partial charge >= 0.3 is 12.0 Å². The zero-order valence-corrected chi connectivity index (χ0v) is 117. The van der Waals surface area contributed by atoms with E-state index in [0.717, 1.165) is 113 Å². The summed E-state index contributed by atoms with van der Waals surface area (Å²) in [7, 11) is -8.56. The van der Waals surface area contributed by atoms with Crippen molar-refractivity contribution in [2.24, 2.45) is 5.92 Å². The van der Waals surface area contributed by atoms with E-state index in [2.05, 4.69) is 295 Å². The molecule has 0 aliphatic rings. The number of hydrogen-bond donors (Lipinski definition) is 0. The van der Waals surface area contributed by atoms with Gasteiger partial charge in [-0.25, -0.2) is 0 Å². The molecule has 3 aromatic carbocycles. The van der Waals surface area contributed by atoms with Crippen LogP contribution in [-0.2, 0) is 0 Å². The number of allylic oxidation sites excluding steroid dienone is 11. The molecule has 0 spiro atoms. The van der Waals surface area contributed by atoms with Crippen molar-refractivity contribution in [2.75, 3.05) is 0 Å². The Labute approximate surface area is 970 Å². The number of hydrogen-bond acceptors (Lipinski definition) is 0. The fourth-order valence-electron chi connectivity index (χ4n) is 14.0. The second kappa shape index (κ2) is 105. The first kappa shape index (κ1) is 158. The van der Waals surface area contributed by atoms with Crippen LogP contribution in [0.1, 0.15) is 302 Å². The van der Waals surface area contributed by atoms with Gasteiger partial charge in [0.25, 0.3) is 0 Å². The Balaban J connectivity index is -0.000000232. The van der Waals surface area contributed by atoms with Crippen LogP contribution >= 0.6 is 201 Å². The molecule has 28 heteroatoms. The molecule has 2 unspecified atom stereocenters. The maximum Gasteiger partial charge on any atom is 0.341 e. The third-order valence-corrected chi connectivity index (χ3v) is 54.5. The van der Waals surface area contributed by atoms with E-state index in [1.807, 2.05) is 73.4 Å². The minimum Gasteiger partial charge on any atom is -0.168 e. The summed E-state index contributed by atoms with van der Waals surface area (Å²) in [5, 5.41) is 3.01. The minimum atomic E-state index is -2.33. The van der Waals surface area contributed by atoms with E-state index in [0.29, 0.717) is 0 Å². The molecule has 816 valence electrons. The average molecular weight is 2600 g/mol. The van der Waals surface area contributed by atoms with Crippen LogP contribution in [0.15, 0.2) is 230 Å². The van der Waals surface area contributed by atoms with Gasteiger partial charge in [-0.05, 0) is 204 Å². The highest BCUT2D eigenvalue weighted by atomic mass is 79.9. The molecule has 0 amide bonds. The number of benzene rings is 3. The van der Waals surface area contributed by atoms with Gasteiger partial charge < -0.3 is 0 Å².